The number of carbonyl (C=O) groups excluding carboxylic acids is 1. The Kier molecular flexibility index (Phi) is 5.13. The summed E-state index contributed by atoms with van der Waals surface area (Å²) >= 11 is 5.81. The lowest BCUT2D eigenvalue weighted by atomic mass is 10.1. The predicted molar refractivity (Wildman–Crippen MR) is 80.7 cm³/mol. The van der Waals surface area contributed by atoms with E-state index in [0.29, 0.717) is 24.5 Å². The number of aromatic nitrogens is 1. The molecule has 2 rings (SSSR count). The van der Waals surface area contributed by atoms with Gasteiger partial charge in [-0.15, -0.1) is 11.6 Å². The molecule has 1 aromatic carbocycles. The predicted octanol–water partition coefficient (Wildman–Crippen LogP) is 3.48. The van der Waals surface area contributed by atoms with Crippen molar-refractivity contribution in [2.45, 2.75) is 19.3 Å². The summed E-state index contributed by atoms with van der Waals surface area (Å²) in [4.78, 5) is 18.3. The molecule has 0 saturated heterocycles. The zero-order chi connectivity index (χ0) is 14.4. The van der Waals surface area contributed by atoms with Crippen molar-refractivity contribution in [2.24, 2.45) is 0 Å². The zero-order valence-electron chi connectivity index (χ0n) is 11.4. The maximum atomic E-state index is 12.5. The normalized spacial score (nSPS) is 10.3. The Labute approximate surface area is 124 Å². The van der Waals surface area contributed by atoms with E-state index in [9.17, 15) is 4.79 Å². The van der Waals surface area contributed by atoms with Crippen molar-refractivity contribution in [1.82, 2.24) is 9.88 Å². The van der Waals surface area contributed by atoms with Crippen molar-refractivity contribution in [3.05, 3.63) is 65.5 Å². The first-order valence-corrected chi connectivity index (χ1v) is 7.11. The minimum absolute atomic E-state index is 0.0243. The van der Waals surface area contributed by atoms with Crippen LogP contribution < -0.4 is 0 Å². The molecule has 3 nitrogen and oxygen atoms in total. The highest BCUT2D eigenvalue weighted by atomic mass is 35.5. The molecule has 20 heavy (non-hydrogen) atoms. The Balaban J connectivity index is 2.16. The number of hydrogen-bond donors (Lipinski definition) is 0. The molecule has 0 unspecified atom stereocenters. The maximum Gasteiger partial charge on any atom is 0.254 e. The maximum absolute atomic E-state index is 12.5. The Bertz CT molecular complexity index is 572. The van der Waals surface area contributed by atoms with Crippen LogP contribution in [0.1, 0.15) is 28.4 Å². The summed E-state index contributed by atoms with van der Waals surface area (Å²) in [5.41, 5.74) is 2.71. The summed E-state index contributed by atoms with van der Waals surface area (Å²) in [7, 11) is 0. The molecule has 104 valence electrons. The number of nitrogens with zero attached hydrogens (tertiary/aromatic N) is 2. The highest BCUT2D eigenvalue weighted by Gasteiger charge is 2.14. The second-order valence-electron chi connectivity index (χ2n) is 4.51. The fourth-order valence-corrected chi connectivity index (χ4v) is 2.17. The first kappa shape index (κ1) is 14.5. The second kappa shape index (κ2) is 7.06. The standard InChI is InChI=1S/C16H17ClN2O/c1-2-19(12-13-6-8-18-9-7-13)16(20)15-5-3-4-14(10-15)11-17/h3-10H,2,11-12H2,1H3. The summed E-state index contributed by atoms with van der Waals surface area (Å²) in [6.07, 6.45) is 3.48. The second-order valence-corrected chi connectivity index (χ2v) is 4.78. The van der Waals surface area contributed by atoms with Crippen LogP contribution in [0.15, 0.2) is 48.8 Å². The molecule has 2 aromatic rings. The van der Waals surface area contributed by atoms with Gasteiger partial charge in [0.2, 0.25) is 0 Å². The minimum Gasteiger partial charge on any atom is -0.335 e. The number of hydrogen-bond acceptors (Lipinski definition) is 2. The van der Waals surface area contributed by atoms with Gasteiger partial charge in [-0.05, 0) is 42.3 Å². The zero-order valence-corrected chi connectivity index (χ0v) is 12.2. The van der Waals surface area contributed by atoms with Gasteiger partial charge in [-0.2, -0.15) is 0 Å². The molecule has 1 aromatic heterocycles. The van der Waals surface area contributed by atoms with Crippen LogP contribution in [0.2, 0.25) is 0 Å². The molecule has 4 heteroatoms. The molecule has 1 amide bonds. The van der Waals surface area contributed by atoms with Crippen LogP contribution in [0.5, 0.6) is 0 Å². The number of carbonyl (C=O) groups is 1. The lowest BCUT2D eigenvalue weighted by molar-refractivity contribution is 0.0752. The van der Waals surface area contributed by atoms with Crippen LogP contribution in [-0.4, -0.2) is 22.3 Å². The summed E-state index contributed by atoms with van der Waals surface area (Å²) in [6.45, 7) is 3.22. The quantitative estimate of drug-likeness (QED) is 0.789. The van der Waals surface area contributed by atoms with Crippen LogP contribution in [0.4, 0.5) is 0 Å². The van der Waals surface area contributed by atoms with Crippen molar-refractivity contribution in [1.29, 1.82) is 0 Å². The van der Waals surface area contributed by atoms with E-state index in [1.165, 1.54) is 0 Å². The molecule has 0 bridgehead atoms. The van der Waals surface area contributed by atoms with E-state index in [1.54, 1.807) is 12.4 Å². The molecule has 0 saturated carbocycles. The van der Waals surface area contributed by atoms with Gasteiger partial charge in [-0.1, -0.05) is 12.1 Å². The number of rotatable bonds is 5. The number of amides is 1. The molecule has 0 atom stereocenters. The van der Waals surface area contributed by atoms with Gasteiger partial charge in [0.25, 0.3) is 5.91 Å². The summed E-state index contributed by atoms with van der Waals surface area (Å²) in [5.74, 6) is 0.439. The van der Waals surface area contributed by atoms with Crippen molar-refractivity contribution in [3.8, 4) is 0 Å². The molecule has 1 heterocycles. The third kappa shape index (κ3) is 3.58. The first-order valence-electron chi connectivity index (χ1n) is 6.57. The van der Waals surface area contributed by atoms with Crippen LogP contribution >= 0.6 is 11.6 Å². The average Bonchev–Trinajstić information content (AvgIpc) is 2.53. The number of pyridine rings is 1. The largest absolute Gasteiger partial charge is 0.335 e. The van der Waals surface area contributed by atoms with Crippen LogP contribution in [0, 0.1) is 0 Å². The van der Waals surface area contributed by atoms with Crippen molar-refractivity contribution in [2.75, 3.05) is 6.54 Å². The Morgan fingerprint density at radius 2 is 1.95 bits per heavy atom. The molecule has 0 aliphatic rings. The van der Waals surface area contributed by atoms with Crippen molar-refractivity contribution < 1.29 is 4.79 Å². The number of halogens is 1. The Morgan fingerprint density at radius 1 is 1.20 bits per heavy atom. The van der Waals surface area contributed by atoms with Gasteiger partial charge < -0.3 is 4.90 Å². The van der Waals surface area contributed by atoms with Gasteiger partial charge in [0.05, 0.1) is 0 Å². The minimum atomic E-state index is 0.0243. The fourth-order valence-electron chi connectivity index (χ4n) is 2.01. The van der Waals surface area contributed by atoms with E-state index in [1.807, 2.05) is 48.2 Å². The van der Waals surface area contributed by atoms with E-state index >= 15 is 0 Å². The Morgan fingerprint density at radius 3 is 2.60 bits per heavy atom. The van der Waals surface area contributed by atoms with Gasteiger partial charge in [-0.3, -0.25) is 9.78 Å². The molecule has 0 spiro atoms. The van der Waals surface area contributed by atoms with Gasteiger partial charge in [0.15, 0.2) is 0 Å². The number of alkyl halides is 1. The van der Waals surface area contributed by atoms with E-state index in [4.69, 9.17) is 11.6 Å². The Hall–Kier alpha value is -1.87. The van der Waals surface area contributed by atoms with E-state index in [0.717, 1.165) is 11.1 Å². The van der Waals surface area contributed by atoms with Crippen molar-refractivity contribution >= 4 is 17.5 Å². The molecule has 0 fully saturated rings. The molecular formula is C16H17ClN2O. The van der Waals surface area contributed by atoms with Gasteiger partial charge in [-0.25, -0.2) is 0 Å². The highest BCUT2D eigenvalue weighted by Crippen LogP contribution is 2.12. The first-order chi connectivity index (χ1) is 9.74. The molecule has 0 N–H and O–H groups in total. The fraction of sp³-hybridized carbons (Fsp3) is 0.250. The summed E-state index contributed by atoms with van der Waals surface area (Å²) in [5, 5.41) is 0. The molecule has 0 radical (unpaired) electrons. The van der Waals surface area contributed by atoms with E-state index in [-0.39, 0.29) is 5.91 Å². The van der Waals surface area contributed by atoms with Crippen molar-refractivity contribution in [3.63, 3.8) is 0 Å². The monoisotopic (exact) mass is 288 g/mol. The van der Waals surface area contributed by atoms with Gasteiger partial charge in [0, 0.05) is 36.9 Å². The SMILES string of the molecule is CCN(Cc1ccncc1)C(=O)c1cccc(CCl)c1. The topological polar surface area (TPSA) is 33.2 Å². The summed E-state index contributed by atoms with van der Waals surface area (Å²) < 4.78 is 0. The van der Waals surface area contributed by atoms with E-state index < -0.39 is 0 Å². The number of benzene rings is 1. The van der Waals surface area contributed by atoms with Crippen LogP contribution in [0.3, 0.4) is 0 Å². The molecule has 0 aliphatic heterocycles. The highest BCUT2D eigenvalue weighted by molar-refractivity contribution is 6.17. The third-order valence-corrected chi connectivity index (χ3v) is 3.43. The average molecular weight is 289 g/mol. The molecule has 0 aliphatic carbocycles. The summed E-state index contributed by atoms with van der Waals surface area (Å²) in [6, 6.07) is 11.3. The lowest BCUT2D eigenvalue weighted by Gasteiger charge is -2.21. The van der Waals surface area contributed by atoms with E-state index in [2.05, 4.69) is 4.98 Å². The molecular weight excluding hydrogens is 272 g/mol. The van der Waals surface area contributed by atoms with Gasteiger partial charge in [0.1, 0.15) is 0 Å². The van der Waals surface area contributed by atoms with Gasteiger partial charge >= 0.3 is 0 Å². The van der Waals surface area contributed by atoms with Crippen LogP contribution in [-0.2, 0) is 12.4 Å². The third-order valence-electron chi connectivity index (χ3n) is 3.12. The van der Waals surface area contributed by atoms with Crippen LogP contribution in [0.25, 0.3) is 0 Å². The smallest absolute Gasteiger partial charge is 0.254 e. The lowest BCUT2D eigenvalue weighted by Crippen LogP contribution is -2.30.